The van der Waals surface area contributed by atoms with E-state index in [1.807, 2.05) is 20.8 Å². The minimum atomic E-state index is -1.41. The second kappa shape index (κ2) is 9.76. The van der Waals surface area contributed by atoms with E-state index in [0.29, 0.717) is 19.6 Å². The molecule has 1 fully saturated rings. The molecule has 35 heavy (non-hydrogen) atoms. The Bertz CT molecular complexity index is 997. The number of ether oxygens (including phenoxy) is 2. The molecule has 0 saturated heterocycles. The van der Waals surface area contributed by atoms with Crippen molar-refractivity contribution in [2.45, 2.75) is 76.3 Å². The van der Waals surface area contributed by atoms with Gasteiger partial charge in [-0.15, -0.1) is 0 Å². The molecule has 1 aliphatic carbocycles. The van der Waals surface area contributed by atoms with Crippen LogP contribution in [0.2, 0.25) is 25.7 Å². The number of amidine groups is 1. The molecule has 0 aromatic heterocycles. The summed E-state index contributed by atoms with van der Waals surface area (Å²) in [6.45, 7) is 15.0. The first-order valence-corrected chi connectivity index (χ1v) is 16.4. The zero-order valence-corrected chi connectivity index (χ0v) is 23.8. The van der Waals surface area contributed by atoms with Gasteiger partial charge in [-0.1, -0.05) is 64.3 Å². The number of halogens is 2. The summed E-state index contributed by atoms with van der Waals surface area (Å²) in [5.74, 6) is -2.03. The number of amides is 1. The summed E-state index contributed by atoms with van der Waals surface area (Å²) in [4.78, 5) is 18.7. The smallest absolute Gasteiger partial charge is 0.415 e. The van der Waals surface area contributed by atoms with Gasteiger partial charge in [0.1, 0.15) is 6.23 Å². The highest BCUT2D eigenvalue weighted by molar-refractivity contribution is 8.15. The Hall–Kier alpha value is -1.49. The molecule has 4 atom stereocenters. The molecule has 6 nitrogen and oxygen atoms in total. The van der Waals surface area contributed by atoms with Crippen LogP contribution in [0.15, 0.2) is 23.2 Å². The van der Waals surface area contributed by atoms with Gasteiger partial charge in [0.15, 0.2) is 16.8 Å². The molecule has 0 spiro atoms. The third-order valence-electron chi connectivity index (χ3n) is 6.73. The lowest BCUT2D eigenvalue weighted by Crippen LogP contribution is -2.53. The van der Waals surface area contributed by atoms with Crippen LogP contribution in [0.25, 0.3) is 0 Å². The lowest BCUT2D eigenvalue weighted by Gasteiger charge is -2.42. The van der Waals surface area contributed by atoms with Crippen LogP contribution in [0.5, 0.6) is 0 Å². The topological polar surface area (TPSA) is 71.4 Å². The fourth-order valence-corrected chi connectivity index (χ4v) is 7.14. The summed E-state index contributed by atoms with van der Waals surface area (Å²) in [6, 6.07) is 4.95. The number of carboxylic acid groups (broad SMARTS) is 1. The Balaban J connectivity index is 2.10. The number of aliphatic imine (C=N–C) groups is 1. The lowest BCUT2D eigenvalue weighted by molar-refractivity contribution is -0.0761. The molecular formula is C25H38F2N2O4SSi. The molecule has 196 valence electrons. The molecule has 1 aromatic rings. The van der Waals surface area contributed by atoms with Crippen molar-refractivity contribution in [1.82, 2.24) is 4.90 Å². The van der Waals surface area contributed by atoms with Gasteiger partial charge >= 0.3 is 6.09 Å². The van der Waals surface area contributed by atoms with E-state index >= 15 is 4.39 Å². The summed E-state index contributed by atoms with van der Waals surface area (Å²) in [5.41, 5.74) is -1.59. The van der Waals surface area contributed by atoms with Crippen molar-refractivity contribution in [3.63, 3.8) is 0 Å². The largest absolute Gasteiger partial charge is 0.465 e. The minimum absolute atomic E-state index is 0.121. The number of nitrogens with zero attached hydrogens (tertiary/aromatic N) is 2. The molecule has 1 aliphatic heterocycles. The highest BCUT2D eigenvalue weighted by Gasteiger charge is 2.68. The zero-order chi connectivity index (χ0) is 26.4. The third kappa shape index (κ3) is 5.75. The highest BCUT2D eigenvalue weighted by atomic mass is 32.2. The van der Waals surface area contributed by atoms with Crippen LogP contribution in [0.1, 0.15) is 39.7 Å². The predicted octanol–water partition coefficient (Wildman–Crippen LogP) is 6.39. The van der Waals surface area contributed by atoms with E-state index in [1.54, 1.807) is 14.0 Å². The van der Waals surface area contributed by atoms with E-state index in [9.17, 15) is 14.3 Å². The molecule has 3 rings (SSSR count). The summed E-state index contributed by atoms with van der Waals surface area (Å²) in [7, 11) is 0.175. The van der Waals surface area contributed by atoms with Crippen molar-refractivity contribution in [3.8, 4) is 0 Å². The Morgan fingerprint density at radius 2 is 2.00 bits per heavy atom. The first-order valence-electron chi connectivity index (χ1n) is 11.9. The van der Waals surface area contributed by atoms with E-state index in [1.165, 1.54) is 28.8 Å². The van der Waals surface area contributed by atoms with Gasteiger partial charge < -0.3 is 14.6 Å². The maximum atomic E-state index is 15.0. The van der Waals surface area contributed by atoms with Gasteiger partial charge in [-0.05, 0) is 25.5 Å². The van der Waals surface area contributed by atoms with Crippen LogP contribution in [0.3, 0.4) is 0 Å². The maximum Gasteiger partial charge on any atom is 0.415 e. The first kappa shape index (κ1) is 28.1. The molecule has 1 N–H and O–H groups in total. The Labute approximate surface area is 212 Å². The second-order valence-electron chi connectivity index (χ2n) is 12.1. The number of benzene rings is 1. The predicted molar refractivity (Wildman–Crippen MR) is 139 cm³/mol. The maximum absolute atomic E-state index is 15.0. The number of thioether (sulfide) groups is 1. The Morgan fingerprint density at radius 1 is 1.34 bits per heavy atom. The first-order chi connectivity index (χ1) is 16.1. The van der Waals surface area contributed by atoms with Crippen LogP contribution >= 0.6 is 11.8 Å². The summed E-state index contributed by atoms with van der Waals surface area (Å²) in [6.07, 6.45) is -1.35. The van der Waals surface area contributed by atoms with E-state index < -0.39 is 47.7 Å². The number of fused-ring (bicyclic) bond motifs is 1. The molecule has 1 heterocycles. The van der Waals surface area contributed by atoms with Crippen molar-refractivity contribution >= 4 is 31.1 Å². The number of hydrogen-bond donors (Lipinski definition) is 1. The van der Waals surface area contributed by atoms with Crippen LogP contribution in [0, 0.1) is 23.0 Å². The van der Waals surface area contributed by atoms with E-state index in [4.69, 9.17) is 14.5 Å². The molecule has 1 unspecified atom stereocenters. The van der Waals surface area contributed by atoms with Gasteiger partial charge in [0.05, 0.1) is 16.9 Å². The van der Waals surface area contributed by atoms with Crippen LogP contribution in [0.4, 0.5) is 13.6 Å². The van der Waals surface area contributed by atoms with Gasteiger partial charge in [0.2, 0.25) is 0 Å². The average Bonchev–Trinajstić information content (AvgIpc) is 3.43. The van der Waals surface area contributed by atoms with Crippen LogP contribution in [-0.2, 0) is 15.0 Å². The fraction of sp³-hybridized carbons (Fsp3) is 0.680. The molecule has 1 aromatic carbocycles. The number of rotatable bonds is 8. The molecule has 0 bridgehead atoms. The molecule has 2 aliphatic rings. The van der Waals surface area contributed by atoms with Crippen molar-refractivity contribution in [2.24, 2.45) is 16.3 Å². The van der Waals surface area contributed by atoms with Crippen molar-refractivity contribution in [1.29, 1.82) is 0 Å². The third-order valence-corrected chi connectivity index (χ3v) is 9.88. The van der Waals surface area contributed by atoms with E-state index in [0.717, 1.165) is 12.1 Å². The molecule has 0 radical (unpaired) electrons. The van der Waals surface area contributed by atoms with Crippen molar-refractivity contribution in [3.05, 3.63) is 35.4 Å². The molecule has 1 amide bonds. The average molecular weight is 529 g/mol. The quantitative estimate of drug-likeness (QED) is 0.312. The van der Waals surface area contributed by atoms with Crippen molar-refractivity contribution in [2.75, 3.05) is 20.3 Å². The number of hydrogen-bond acceptors (Lipinski definition) is 5. The number of carbonyl (C=O) groups is 1. The van der Waals surface area contributed by atoms with Gasteiger partial charge in [-0.2, -0.15) is 0 Å². The van der Waals surface area contributed by atoms with Crippen LogP contribution < -0.4 is 0 Å². The monoisotopic (exact) mass is 528 g/mol. The SMILES string of the molecule is COC[C@]12C[C@H]1[C@@](C)(c1cccc(F)c1F)N=C(N(C(=O)O)C(OCC[Si](C)(C)C)C(C)(C)C)S2. The standard InChI is InChI=1S/C25H38F2N2O4SSi/c1-23(2,3)20(33-12-13-35(6,7)8)29(22(30)31)21-28-24(4,16-10-9-11-17(26)19(16)27)18-14-25(18,34-21)15-32-5/h9-11,18,20H,12-15H2,1-8H3,(H,30,31)/t18-,20?,24+,25+/m0/s1. The highest BCUT2D eigenvalue weighted by Crippen LogP contribution is 2.66. The normalized spacial score (nSPS) is 27.1. The van der Waals surface area contributed by atoms with Crippen molar-refractivity contribution < 1.29 is 28.2 Å². The van der Waals surface area contributed by atoms with Gasteiger partial charge in [-0.3, -0.25) is 4.99 Å². The van der Waals surface area contributed by atoms with Gasteiger partial charge in [-0.25, -0.2) is 18.5 Å². The minimum Gasteiger partial charge on any atom is -0.465 e. The van der Waals surface area contributed by atoms with Gasteiger partial charge in [0, 0.05) is 38.7 Å². The Morgan fingerprint density at radius 3 is 2.54 bits per heavy atom. The van der Waals surface area contributed by atoms with E-state index in [-0.39, 0.29) is 16.6 Å². The molecule has 10 heteroatoms. The second-order valence-corrected chi connectivity index (χ2v) is 19.1. The lowest BCUT2D eigenvalue weighted by atomic mass is 9.85. The number of methoxy groups -OCH3 is 1. The van der Waals surface area contributed by atoms with Gasteiger partial charge in [0.25, 0.3) is 0 Å². The fourth-order valence-electron chi connectivity index (χ4n) is 4.74. The Kier molecular flexibility index (Phi) is 7.83. The van der Waals surface area contributed by atoms with E-state index in [2.05, 4.69) is 19.6 Å². The summed E-state index contributed by atoms with van der Waals surface area (Å²) in [5, 5.41) is 10.6. The molecule has 1 saturated carbocycles. The zero-order valence-electron chi connectivity index (χ0n) is 21.9. The summed E-state index contributed by atoms with van der Waals surface area (Å²) >= 11 is 1.34. The van der Waals surface area contributed by atoms with Crippen LogP contribution in [-0.4, -0.2) is 60.6 Å². The summed E-state index contributed by atoms with van der Waals surface area (Å²) < 4.78 is 40.5. The molecular weight excluding hydrogens is 490 g/mol.